The molecule has 1 aromatic heterocycles. The van der Waals surface area contributed by atoms with E-state index in [0.29, 0.717) is 18.5 Å². The first kappa shape index (κ1) is 18.2. The van der Waals surface area contributed by atoms with Gasteiger partial charge in [0.1, 0.15) is 32.7 Å². The first-order valence-electron chi connectivity index (χ1n) is 9.31. The van der Waals surface area contributed by atoms with Gasteiger partial charge in [-0.25, -0.2) is 0 Å². The summed E-state index contributed by atoms with van der Waals surface area (Å²) in [6.07, 6.45) is 4.99. The molecule has 1 saturated heterocycles. The number of rotatable bonds is 5. The van der Waals surface area contributed by atoms with E-state index >= 15 is 0 Å². The van der Waals surface area contributed by atoms with E-state index in [2.05, 4.69) is 18.3 Å². The van der Waals surface area contributed by atoms with Crippen LogP contribution in [0, 0.1) is 5.92 Å². The largest absolute Gasteiger partial charge is 0.348 e. The van der Waals surface area contributed by atoms with Gasteiger partial charge in [0, 0.05) is 6.04 Å². The van der Waals surface area contributed by atoms with Crippen LogP contribution in [0.1, 0.15) is 37.5 Å². The van der Waals surface area contributed by atoms with Crippen LogP contribution in [0.5, 0.6) is 0 Å². The minimum atomic E-state index is 0.247. The van der Waals surface area contributed by atoms with E-state index < -0.39 is 0 Å². The lowest BCUT2D eigenvalue weighted by molar-refractivity contribution is -1.01. The summed E-state index contributed by atoms with van der Waals surface area (Å²) in [6.45, 7) is 8.42. The predicted octanol–water partition coefficient (Wildman–Crippen LogP) is 0.380. The van der Waals surface area contributed by atoms with Gasteiger partial charge in [-0.15, -0.1) is 11.3 Å². The molecule has 2 atom stereocenters. The van der Waals surface area contributed by atoms with E-state index in [1.807, 2.05) is 6.07 Å². The molecule has 1 saturated carbocycles. The second-order valence-electron chi connectivity index (χ2n) is 7.50. The van der Waals surface area contributed by atoms with Crippen molar-refractivity contribution in [1.82, 2.24) is 5.32 Å². The molecule has 0 aromatic carbocycles. The molecule has 134 valence electrons. The first-order valence-corrected chi connectivity index (χ1v) is 10.5. The van der Waals surface area contributed by atoms with Crippen LogP contribution in [-0.4, -0.2) is 44.7 Å². The highest BCUT2D eigenvalue weighted by molar-refractivity contribution is 7.16. The molecule has 2 fully saturated rings. The number of amides is 1. The Bertz CT molecular complexity index is 542. The summed E-state index contributed by atoms with van der Waals surface area (Å²) in [5, 5.41) is 3.29. The second-order valence-corrected chi connectivity index (χ2v) is 9.29. The molecule has 2 heterocycles. The number of quaternary nitrogens is 2. The van der Waals surface area contributed by atoms with Crippen LogP contribution in [-0.2, 0) is 11.3 Å². The molecule has 0 unspecified atom stereocenters. The van der Waals surface area contributed by atoms with Crippen molar-refractivity contribution < 1.29 is 14.6 Å². The molecule has 1 aliphatic carbocycles. The van der Waals surface area contributed by atoms with Crippen molar-refractivity contribution in [2.24, 2.45) is 5.92 Å². The van der Waals surface area contributed by atoms with Crippen molar-refractivity contribution in [3.63, 3.8) is 0 Å². The van der Waals surface area contributed by atoms with Gasteiger partial charge in [-0.2, -0.15) is 0 Å². The van der Waals surface area contributed by atoms with E-state index in [-0.39, 0.29) is 5.91 Å². The molecule has 3 N–H and O–H groups in total. The predicted molar refractivity (Wildman–Crippen MR) is 98.9 cm³/mol. The van der Waals surface area contributed by atoms with E-state index in [9.17, 15) is 4.79 Å². The molecular formula is C18H30ClN3OS+2. The van der Waals surface area contributed by atoms with Crippen LogP contribution < -0.4 is 15.1 Å². The average molecular weight is 372 g/mol. The van der Waals surface area contributed by atoms with Gasteiger partial charge in [0.05, 0.1) is 9.21 Å². The van der Waals surface area contributed by atoms with Gasteiger partial charge >= 0.3 is 0 Å². The fourth-order valence-electron chi connectivity index (χ4n) is 4.02. The molecule has 0 radical (unpaired) electrons. The lowest BCUT2D eigenvalue weighted by Crippen LogP contribution is -3.28. The van der Waals surface area contributed by atoms with Crippen molar-refractivity contribution in [3.05, 3.63) is 21.3 Å². The van der Waals surface area contributed by atoms with E-state index in [1.54, 1.807) is 16.2 Å². The number of piperazine rings is 1. The molecule has 1 aromatic rings. The summed E-state index contributed by atoms with van der Waals surface area (Å²) < 4.78 is 0.877. The minimum absolute atomic E-state index is 0.247. The Morgan fingerprint density at radius 2 is 1.92 bits per heavy atom. The Hall–Kier alpha value is -0.620. The Kier molecular flexibility index (Phi) is 6.56. The van der Waals surface area contributed by atoms with Crippen molar-refractivity contribution in [2.75, 3.05) is 32.7 Å². The van der Waals surface area contributed by atoms with Gasteiger partial charge in [-0.3, -0.25) is 4.79 Å². The van der Waals surface area contributed by atoms with Gasteiger partial charge in [-0.05, 0) is 30.9 Å². The van der Waals surface area contributed by atoms with Crippen molar-refractivity contribution >= 4 is 28.8 Å². The Morgan fingerprint density at radius 1 is 1.21 bits per heavy atom. The molecule has 1 aliphatic heterocycles. The topological polar surface area (TPSA) is 38.0 Å². The average Bonchev–Trinajstić information content (AvgIpc) is 2.96. The summed E-state index contributed by atoms with van der Waals surface area (Å²) in [6, 6.07) is 4.53. The van der Waals surface area contributed by atoms with E-state index in [1.165, 1.54) is 29.0 Å². The van der Waals surface area contributed by atoms with Crippen LogP contribution in [0.25, 0.3) is 0 Å². The summed E-state index contributed by atoms with van der Waals surface area (Å²) in [7, 11) is 0. The fourth-order valence-corrected chi connectivity index (χ4v) is 5.18. The second kappa shape index (κ2) is 8.65. The third-order valence-electron chi connectivity index (χ3n) is 5.59. The first-order chi connectivity index (χ1) is 11.6. The van der Waals surface area contributed by atoms with Gasteiger partial charge in [0.2, 0.25) is 0 Å². The summed E-state index contributed by atoms with van der Waals surface area (Å²) in [5.74, 6) is 0.883. The van der Waals surface area contributed by atoms with Crippen LogP contribution in [0.3, 0.4) is 0 Å². The van der Waals surface area contributed by atoms with E-state index in [4.69, 9.17) is 11.6 Å². The van der Waals surface area contributed by atoms with Crippen molar-refractivity contribution in [2.45, 2.75) is 45.2 Å². The highest BCUT2D eigenvalue weighted by Crippen LogP contribution is 2.23. The van der Waals surface area contributed by atoms with Crippen LogP contribution >= 0.6 is 22.9 Å². The number of nitrogens with one attached hydrogen (secondary N) is 3. The number of carbonyl (C=O) groups excluding carboxylic acids is 1. The minimum Gasteiger partial charge on any atom is -0.348 e. The number of hydrogen-bond donors (Lipinski definition) is 3. The third kappa shape index (κ3) is 5.19. The van der Waals surface area contributed by atoms with E-state index in [0.717, 1.165) is 43.5 Å². The summed E-state index contributed by atoms with van der Waals surface area (Å²) >= 11 is 7.70. The lowest BCUT2D eigenvalue weighted by Gasteiger charge is -2.31. The fraction of sp³-hybridized carbons (Fsp3) is 0.722. The Labute approximate surface area is 154 Å². The zero-order valence-corrected chi connectivity index (χ0v) is 16.1. The molecule has 3 rings (SSSR count). The Balaban J connectivity index is 1.37. The van der Waals surface area contributed by atoms with Crippen LogP contribution in [0.4, 0.5) is 0 Å². The highest BCUT2D eigenvalue weighted by atomic mass is 35.5. The van der Waals surface area contributed by atoms with Crippen molar-refractivity contribution in [1.29, 1.82) is 0 Å². The summed E-state index contributed by atoms with van der Waals surface area (Å²) in [4.78, 5) is 16.8. The number of hydrogen-bond acceptors (Lipinski definition) is 2. The van der Waals surface area contributed by atoms with Gasteiger partial charge < -0.3 is 15.1 Å². The summed E-state index contributed by atoms with van der Waals surface area (Å²) in [5.41, 5.74) is 0. The maximum absolute atomic E-state index is 12.3. The highest BCUT2D eigenvalue weighted by Gasteiger charge is 2.27. The Morgan fingerprint density at radius 3 is 2.58 bits per heavy atom. The molecule has 2 aliphatic rings. The zero-order chi connectivity index (χ0) is 16.9. The quantitative estimate of drug-likeness (QED) is 0.688. The van der Waals surface area contributed by atoms with Gasteiger partial charge in [-0.1, -0.05) is 31.4 Å². The zero-order valence-electron chi connectivity index (χ0n) is 14.6. The number of thiophene rings is 1. The van der Waals surface area contributed by atoms with Gasteiger partial charge in [0.15, 0.2) is 6.54 Å². The maximum atomic E-state index is 12.3. The smallest absolute Gasteiger partial charge is 0.275 e. The standard InChI is InChI=1S/C18H28ClN3OS/c1-14-4-2-3-5-16(14)20-18(23)13-22-10-8-21(9-11-22)12-15-6-7-17(19)24-15/h6-7,14,16H,2-5,8-13H2,1H3,(H,20,23)/p+2/t14-,16-/m0/s1. The molecule has 0 spiro atoms. The molecular weight excluding hydrogens is 342 g/mol. The molecule has 6 heteroatoms. The normalized spacial score (nSPS) is 30.9. The van der Waals surface area contributed by atoms with Crippen LogP contribution in [0.2, 0.25) is 4.34 Å². The SMILES string of the molecule is C[C@H]1CCCC[C@@H]1NC(=O)C[NH+]1CC[NH+](Cc2ccc(Cl)s2)CC1. The third-order valence-corrected chi connectivity index (χ3v) is 6.82. The lowest BCUT2D eigenvalue weighted by atomic mass is 9.86. The number of carbonyl (C=O) groups is 1. The van der Waals surface area contributed by atoms with Crippen LogP contribution in [0.15, 0.2) is 12.1 Å². The number of halogens is 1. The maximum Gasteiger partial charge on any atom is 0.275 e. The molecule has 0 bridgehead atoms. The molecule has 24 heavy (non-hydrogen) atoms. The van der Waals surface area contributed by atoms with Crippen molar-refractivity contribution in [3.8, 4) is 0 Å². The molecule has 4 nitrogen and oxygen atoms in total. The molecule has 1 amide bonds. The monoisotopic (exact) mass is 371 g/mol. The van der Waals surface area contributed by atoms with Gasteiger partial charge in [0.25, 0.3) is 5.91 Å².